The van der Waals surface area contributed by atoms with E-state index in [9.17, 15) is 10.1 Å². The second-order valence-electron chi connectivity index (χ2n) is 4.67. The first-order valence-electron chi connectivity index (χ1n) is 4.79. The van der Waals surface area contributed by atoms with Gasteiger partial charge in [-0.3, -0.25) is 10.1 Å². The van der Waals surface area contributed by atoms with Gasteiger partial charge in [-0.25, -0.2) is 0 Å². The largest absolute Gasteiger partial charge is 0.327 e. The molecule has 1 rings (SSSR count). The average molecular weight is 228 g/mol. The zero-order valence-electron chi connectivity index (χ0n) is 9.19. The Morgan fingerprint density at radius 1 is 1.53 bits per heavy atom. The standard InChI is InChI=1S/C10H16N2O2S/c1-10(2,3)8(11)6-7-4-5-9(15-7)12(13)14/h4-5,8H,6,11H2,1-3H3. The van der Waals surface area contributed by atoms with Gasteiger partial charge in [-0.2, -0.15) is 0 Å². The number of nitrogens with zero attached hydrogens (tertiary/aromatic N) is 1. The first kappa shape index (κ1) is 12.1. The molecule has 0 bridgehead atoms. The highest BCUT2D eigenvalue weighted by atomic mass is 32.1. The molecule has 0 saturated heterocycles. The maximum Gasteiger partial charge on any atom is 0.324 e. The molecule has 2 N–H and O–H groups in total. The van der Waals surface area contributed by atoms with Crippen molar-refractivity contribution in [2.24, 2.45) is 11.1 Å². The Morgan fingerprint density at radius 2 is 2.13 bits per heavy atom. The smallest absolute Gasteiger partial charge is 0.324 e. The van der Waals surface area contributed by atoms with E-state index in [2.05, 4.69) is 20.8 Å². The third-order valence-electron chi connectivity index (χ3n) is 2.36. The van der Waals surface area contributed by atoms with Crippen LogP contribution in [0.25, 0.3) is 0 Å². The van der Waals surface area contributed by atoms with Crippen LogP contribution in [-0.4, -0.2) is 11.0 Å². The number of nitro groups is 1. The van der Waals surface area contributed by atoms with E-state index in [0.29, 0.717) is 6.42 Å². The molecule has 1 atom stereocenters. The lowest BCUT2D eigenvalue weighted by Gasteiger charge is -2.26. The van der Waals surface area contributed by atoms with Crippen LogP contribution in [0, 0.1) is 15.5 Å². The lowest BCUT2D eigenvalue weighted by molar-refractivity contribution is -0.380. The number of nitrogens with two attached hydrogens (primary N) is 1. The van der Waals surface area contributed by atoms with Crippen molar-refractivity contribution in [2.75, 3.05) is 0 Å². The van der Waals surface area contributed by atoms with Gasteiger partial charge in [0.1, 0.15) is 0 Å². The van der Waals surface area contributed by atoms with Gasteiger partial charge in [0.2, 0.25) is 0 Å². The number of hydrogen-bond acceptors (Lipinski definition) is 4. The van der Waals surface area contributed by atoms with Gasteiger partial charge in [0.25, 0.3) is 0 Å². The number of thiophene rings is 1. The highest BCUT2D eigenvalue weighted by molar-refractivity contribution is 7.15. The van der Waals surface area contributed by atoms with Crippen LogP contribution in [0.2, 0.25) is 0 Å². The molecule has 5 heteroatoms. The predicted octanol–water partition coefficient (Wildman–Crippen LogP) is 2.57. The van der Waals surface area contributed by atoms with Crippen LogP contribution in [0.15, 0.2) is 12.1 Å². The maximum atomic E-state index is 10.5. The van der Waals surface area contributed by atoms with Gasteiger partial charge in [0.05, 0.1) is 4.92 Å². The minimum Gasteiger partial charge on any atom is -0.327 e. The van der Waals surface area contributed by atoms with E-state index in [1.165, 1.54) is 17.4 Å². The molecule has 15 heavy (non-hydrogen) atoms. The number of rotatable bonds is 3. The van der Waals surface area contributed by atoms with Crippen molar-refractivity contribution in [2.45, 2.75) is 33.2 Å². The first-order valence-corrected chi connectivity index (χ1v) is 5.61. The molecule has 4 nitrogen and oxygen atoms in total. The predicted molar refractivity (Wildman–Crippen MR) is 62.1 cm³/mol. The van der Waals surface area contributed by atoms with Crippen LogP contribution in [0.3, 0.4) is 0 Å². The van der Waals surface area contributed by atoms with Crippen LogP contribution >= 0.6 is 11.3 Å². The van der Waals surface area contributed by atoms with Crippen molar-refractivity contribution < 1.29 is 4.92 Å². The fourth-order valence-corrected chi connectivity index (χ4v) is 1.98. The molecule has 0 fully saturated rings. The Balaban J connectivity index is 2.69. The van der Waals surface area contributed by atoms with Crippen molar-refractivity contribution in [3.8, 4) is 0 Å². The van der Waals surface area contributed by atoms with E-state index < -0.39 is 0 Å². The topological polar surface area (TPSA) is 69.2 Å². The molecule has 0 spiro atoms. The summed E-state index contributed by atoms with van der Waals surface area (Å²) in [5.74, 6) is 0. The summed E-state index contributed by atoms with van der Waals surface area (Å²) in [5.41, 5.74) is 6.03. The van der Waals surface area contributed by atoms with E-state index in [0.717, 1.165) is 4.88 Å². The van der Waals surface area contributed by atoms with Crippen molar-refractivity contribution in [1.82, 2.24) is 0 Å². The molecule has 1 aromatic rings. The van der Waals surface area contributed by atoms with Gasteiger partial charge in [0, 0.05) is 17.0 Å². The summed E-state index contributed by atoms with van der Waals surface area (Å²) >= 11 is 1.21. The molecule has 0 aromatic carbocycles. The van der Waals surface area contributed by atoms with Crippen molar-refractivity contribution in [3.05, 3.63) is 27.1 Å². The van der Waals surface area contributed by atoms with E-state index in [1.54, 1.807) is 6.07 Å². The second-order valence-corrected chi connectivity index (χ2v) is 5.82. The molecular formula is C10H16N2O2S. The lowest BCUT2D eigenvalue weighted by Crippen LogP contribution is -2.36. The molecule has 0 amide bonds. The van der Waals surface area contributed by atoms with E-state index in [-0.39, 0.29) is 21.4 Å². The van der Waals surface area contributed by atoms with Crippen molar-refractivity contribution >= 4 is 16.3 Å². The number of hydrogen-bond donors (Lipinski definition) is 1. The van der Waals surface area contributed by atoms with Gasteiger partial charge in [-0.1, -0.05) is 32.1 Å². The van der Waals surface area contributed by atoms with Crippen molar-refractivity contribution in [1.29, 1.82) is 0 Å². The summed E-state index contributed by atoms with van der Waals surface area (Å²) in [4.78, 5) is 11.1. The minimum atomic E-state index is -0.364. The average Bonchev–Trinajstić information content (AvgIpc) is 2.50. The Morgan fingerprint density at radius 3 is 2.53 bits per heavy atom. The lowest BCUT2D eigenvalue weighted by atomic mass is 9.85. The monoisotopic (exact) mass is 228 g/mol. The fourth-order valence-electron chi connectivity index (χ4n) is 1.10. The van der Waals surface area contributed by atoms with Crippen LogP contribution in [0.4, 0.5) is 5.00 Å². The molecule has 0 aliphatic rings. The molecular weight excluding hydrogens is 212 g/mol. The van der Waals surface area contributed by atoms with Gasteiger partial charge >= 0.3 is 5.00 Å². The third kappa shape index (κ3) is 3.28. The Kier molecular flexibility index (Phi) is 3.46. The fraction of sp³-hybridized carbons (Fsp3) is 0.600. The molecule has 1 aromatic heterocycles. The normalized spacial score (nSPS) is 13.9. The molecule has 1 heterocycles. The Labute approximate surface area is 93.3 Å². The van der Waals surface area contributed by atoms with Crippen LogP contribution in [-0.2, 0) is 6.42 Å². The molecule has 0 aliphatic carbocycles. The van der Waals surface area contributed by atoms with Crippen LogP contribution < -0.4 is 5.73 Å². The third-order valence-corrected chi connectivity index (χ3v) is 3.42. The summed E-state index contributed by atoms with van der Waals surface area (Å²) < 4.78 is 0. The molecule has 1 unspecified atom stereocenters. The van der Waals surface area contributed by atoms with Gasteiger partial charge in [0.15, 0.2) is 0 Å². The van der Waals surface area contributed by atoms with Gasteiger partial charge < -0.3 is 5.73 Å². The van der Waals surface area contributed by atoms with Crippen LogP contribution in [0.5, 0.6) is 0 Å². The second kappa shape index (κ2) is 4.28. The minimum absolute atomic E-state index is 0.0238. The zero-order valence-corrected chi connectivity index (χ0v) is 10.0. The maximum absolute atomic E-state index is 10.5. The molecule has 84 valence electrons. The van der Waals surface area contributed by atoms with Gasteiger partial charge in [-0.05, 0) is 17.9 Å². The summed E-state index contributed by atoms with van der Waals surface area (Å²) in [6, 6.07) is 3.35. The molecule has 0 aliphatic heterocycles. The zero-order chi connectivity index (χ0) is 11.6. The highest BCUT2D eigenvalue weighted by Crippen LogP contribution is 2.28. The molecule has 0 saturated carbocycles. The SMILES string of the molecule is CC(C)(C)C(N)Cc1ccc([N+](=O)[O-])s1. The van der Waals surface area contributed by atoms with E-state index in [4.69, 9.17) is 5.73 Å². The summed E-state index contributed by atoms with van der Waals surface area (Å²) in [6.07, 6.45) is 0.696. The summed E-state index contributed by atoms with van der Waals surface area (Å²) in [7, 11) is 0. The Hall–Kier alpha value is -0.940. The van der Waals surface area contributed by atoms with Gasteiger partial charge in [-0.15, -0.1) is 0 Å². The quantitative estimate of drug-likeness (QED) is 0.638. The highest BCUT2D eigenvalue weighted by Gasteiger charge is 2.22. The molecule has 0 radical (unpaired) electrons. The van der Waals surface area contributed by atoms with Crippen LogP contribution in [0.1, 0.15) is 25.6 Å². The van der Waals surface area contributed by atoms with E-state index >= 15 is 0 Å². The Bertz CT molecular complexity index is 355. The summed E-state index contributed by atoms with van der Waals surface area (Å²) in [5, 5.41) is 10.7. The van der Waals surface area contributed by atoms with Crippen molar-refractivity contribution in [3.63, 3.8) is 0 Å². The van der Waals surface area contributed by atoms with E-state index in [1.807, 2.05) is 0 Å². The summed E-state index contributed by atoms with van der Waals surface area (Å²) in [6.45, 7) is 6.21. The first-order chi connectivity index (χ1) is 6.80.